The Balaban J connectivity index is 4.79. The number of carbonyl (C=O) groups is 3. The third kappa shape index (κ3) is 6.96. The number of ether oxygens (including phenoxy) is 1. The topological polar surface area (TPSA) is 102 Å². The molecule has 0 heterocycles. The van der Waals surface area contributed by atoms with Gasteiger partial charge in [-0.1, -0.05) is 13.8 Å². The Labute approximate surface area is 119 Å². The van der Waals surface area contributed by atoms with Crippen LogP contribution in [-0.4, -0.2) is 48.5 Å². The average Bonchev–Trinajstić information content (AvgIpc) is 2.33. The number of nitrogens with one attached hydrogen (secondary N) is 1. The van der Waals surface area contributed by atoms with Crippen LogP contribution in [0.2, 0.25) is 0 Å². The lowest BCUT2D eigenvalue weighted by Crippen LogP contribution is -2.51. The van der Waals surface area contributed by atoms with Crippen LogP contribution in [0.15, 0.2) is 0 Å². The van der Waals surface area contributed by atoms with Crippen LogP contribution in [0.5, 0.6) is 0 Å². The molecular formula is C13H25N3O4. The smallest absolute Gasteiger partial charge is 0.325 e. The lowest BCUT2D eigenvalue weighted by molar-refractivity contribution is -0.149. The highest BCUT2D eigenvalue weighted by Crippen LogP contribution is 2.08. The van der Waals surface area contributed by atoms with E-state index in [0.717, 1.165) is 0 Å². The van der Waals surface area contributed by atoms with Crippen molar-refractivity contribution in [1.29, 1.82) is 0 Å². The molecule has 0 saturated carbocycles. The monoisotopic (exact) mass is 287 g/mol. The van der Waals surface area contributed by atoms with E-state index in [0.29, 0.717) is 13.0 Å². The zero-order chi connectivity index (χ0) is 15.7. The number of hydrogen-bond acceptors (Lipinski definition) is 4. The molecule has 0 aromatic rings. The molecule has 0 rings (SSSR count). The lowest BCUT2D eigenvalue weighted by atomic mass is 10.0. The fraction of sp³-hybridized carbons (Fsp3) is 0.769. The van der Waals surface area contributed by atoms with Gasteiger partial charge in [0.2, 0.25) is 5.91 Å². The number of carbonyl (C=O) groups excluding carboxylic acids is 3. The molecule has 0 bridgehead atoms. The van der Waals surface area contributed by atoms with E-state index in [-0.39, 0.29) is 25.0 Å². The van der Waals surface area contributed by atoms with E-state index in [1.807, 2.05) is 13.8 Å². The Morgan fingerprint density at radius 1 is 1.25 bits per heavy atom. The van der Waals surface area contributed by atoms with Gasteiger partial charge in [0.15, 0.2) is 0 Å². The zero-order valence-corrected chi connectivity index (χ0v) is 12.6. The maximum atomic E-state index is 12.3. The summed E-state index contributed by atoms with van der Waals surface area (Å²) in [5, 5.41) is 2.43. The van der Waals surface area contributed by atoms with Crippen molar-refractivity contribution in [1.82, 2.24) is 10.2 Å². The number of primary amides is 1. The average molecular weight is 287 g/mol. The fourth-order valence-electron chi connectivity index (χ4n) is 1.79. The molecule has 20 heavy (non-hydrogen) atoms. The molecule has 0 aromatic heterocycles. The third-order valence-corrected chi connectivity index (χ3v) is 2.64. The van der Waals surface area contributed by atoms with Gasteiger partial charge in [-0.25, -0.2) is 4.79 Å². The molecule has 3 amide bonds. The Morgan fingerprint density at radius 2 is 1.85 bits per heavy atom. The largest absolute Gasteiger partial charge is 0.465 e. The van der Waals surface area contributed by atoms with E-state index < -0.39 is 18.0 Å². The molecule has 0 aromatic carbocycles. The summed E-state index contributed by atoms with van der Waals surface area (Å²) in [6, 6.07) is -1.47. The second-order valence-electron chi connectivity index (χ2n) is 4.85. The van der Waals surface area contributed by atoms with E-state index in [9.17, 15) is 14.4 Å². The summed E-state index contributed by atoms with van der Waals surface area (Å²) in [6.07, 6.45) is 0.459. The number of nitrogens with two attached hydrogens (primary N) is 1. The number of nitrogens with zero attached hydrogens (tertiary/aromatic N) is 1. The van der Waals surface area contributed by atoms with Gasteiger partial charge in [0, 0.05) is 6.54 Å². The van der Waals surface area contributed by atoms with Gasteiger partial charge in [0.05, 0.1) is 6.61 Å². The Hall–Kier alpha value is -1.79. The second-order valence-corrected chi connectivity index (χ2v) is 4.85. The van der Waals surface area contributed by atoms with Crippen molar-refractivity contribution < 1.29 is 19.1 Å². The zero-order valence-electron chi connectivity index (χ0n) is 12.6. The Bertz CT molecular complexity index is 345. The van der Waals surface area contributed by atoms with Crippen LogP contribution >= 0.6 is 0 Å². The molecule has 0 aliphatic carbocycles. The summed E-state index contributed by atoms with van der Waals surface area (Å²) < 4.78 is 4.82. The first-order chi connectivity index (χ1) is 9.31. The van der Waals surface area contributed by atoms with Crippen LogP contribution in [0.1, 0.15) is 34.1 Å². The number of amides is 3. The molecule has 7 heteroatoms. The number of hydrogen-bond donors (Lipinski definition) is 2. The predicted octanol–water partition coefficient (Wildman–Crippen LogP) is 0.481. The molecule has 0 aliphatic heterocycles. The van der Waals surface area contributed by atoms with Crippen LogP contribution in [0.3, 0.4) is 0 Å². The van der Waals surface area contributed by atoms with Crippen molar-refractivity contribution in [2.24, 2.45) is 11.7 Å². The Morgan fingerprint density at radius 3 is 2.25 bits per heavy atom. The summed E-state index contributed by atoms with van der Waals surface area (Å²) in [7, 11) is 0. The van der Waals surface area contributed by atoms with Crippen LogP contribution in [0.4, 0.5) is 4.79 Å². The van der Waals surface area contributed by atoms with Gasteiger partial charge in [0.1, 0.15) is 12.6 Å². The van der Waals surface area contributed by atoms with Gasteiger partial charge < -0.3 is 20.7 Å². The summed E-state index contributed by atoms with van der Waals surface area (Å²) in [5.74, 6) is -0.588. The minimum absolute atomic E-state index is 0.127. The highest BCUT2D eigenvalue weighted by molar-refractivity contribution is 5.88. The maximum absolute atomic E-state index is 12.3. The fourth-order valence-corrected chi connectivity index (χ4v) is 1.79. The SMILES string of the molecule is CCOC(=O)CN(CC)C(=O)C(CC(C)C)NC(N)=O. The first kappa shape index (κ1) is 18.2. The van der Waals surface area contributed by atoms with E-state index >= 15 is 0 Å². The first-order valence-corrected chi connectivity index (χ1v) is 6.82. The van der Waals surface area contributed by atoms with E-state index in [1.54, 1.807) is 13.8 Å². The summed E-state index contributed by atoms with van der Waals surface area (Å²) in [5.41, 5.74) is 5.09. The molecule has 3 N–H and O–H groups in total. The minimum Gasteiger partial charge on any atom is -0.465 e. The van der Waals surface area contributed by atoms with Crippen molar-refractivity contribution in [3.63, 3.8) is 0 Å². The van der Waals surface area contributed by atoms with Crippen LogP contribution in [-0.2, 0) is 14.3 Å². The quantitative estimate of drug-likeness (QED) is 0.634. The summed E-state index contributed by atoms with van der Waals surface area (Å²) in [6.45, 7) is 7.82. The summed E-state index contributed by atoms with van der Waals surface area (Å²) >= 11 is 0. The minimum atomic E-state index is -0.754. The number of rotatable bonds is 8. The second kappa shape index (κ2) is 9.17. The van der Waals surface area contributed by atoms with Gasteiger partial charge in [-0.3, -0.25) is 9.59 Å². The van der Waals surface area contributed by atoms with Crippen molar-refractivity contribution in [3.05, 3.63) is 0 Å². The molecule has 0 aliphatic rings. The van der Waals surface area contributed by atoms with Crippen molar-refractivity contribution in [2.75, 3.05) is 19.7 Å². The third-order valence-electron chi connectivity index (χ3n) is 2.64. The Kier molecular flexibility index (Phi) is 8.35. The molecule has 7 nitrogen and oxygen atoms in total. The molecule has 116 valence electrons. The molecule has 0 saturated heterocycles. The van der Waals surface area contributed by atoms with Crippen molar-refractivity contribution in [3.8, 4) is 0 Å². The standard InChI is InChI=1S/C13H25N3O4/c1-5-16(8-11(17)20-6-2)12(18)10(7-9(3)4)15-13(14)19/h9-10H,5-8H2,1-4H3,(H3,14,15,19). The maximum Gasteiger partial charge on any atom is 0.325 e. The number of urea groups is 1. The van der Waals surface area contributed by atoms with Gasteiger partial charge in [-0.05, 0) is 26.2 Å². The van der Waals surface area contributed by atoms with Crippen molar-refractivity contribution in [2.45, 2.75) is 40.2 Å². The van der Waals surface area contributed by atoms with E-state index in [1.165, 1.54) is 4.90 Å². The molecule has 1 unspecified atom stereocenters. The molecule has 0 radical (unpaired) electrons. The van der Waals surface area contributed by atoms with Crippen LogP contribution < -0.4 is 11.1 Å². The van der Waals surface area contributed by atoms with Gasteiger partial charge in [-0.15, -0.1) is 0 Å². The molecule has 0 fully saturated rings. The van der Waals surface area contributed by atoms with Gasteiger partial charge in [-0.2, -0.15) is 0 Å². The molecule has 1 atom stereocenters. The molecular weight excluding hydrogens is 262 g/mol. The van der Waals surface area contributed by atoms with Gasteiger partial charge >= 0.3 is 12.0 Å². The normalized spacial score (nSPS) is 11.8. The highest BCUT2D eigenvalue weighted by atomic mass is 16.5. The lowest BCUT2D eigenvalue weighted by Gasteiger charge is -2.26. The first-order valence-electron chi connectivity index (χ1n) is 6.82. The van der Waals surface area contributed by atoms with Crippen LogP contribution in [0.25, 0.3) is 0 Å². The predicted molar refractivity (Wildman–Crippen MR) is 74.8 cm³/mol. The summed E-state index contributed by atoms with van der Waals surface area (Å²) in [4.78, 5) is 36.1. The van der Waals surface area contributed by atoms with E-state index in [4.69, 9.17) is 10.5 Å². The number of esters is 1. The molecule has 0 spiro atoms. The highest BCUT2D eigenvalue weighted by Gasteiger charge is 2.26. The number of likely N-dealkylation sites (N-methyl/N-ethyl adjacent to an activating group) is 1. The van der Waals surface area contributed by atoms with E-state index in [2.05, 4.69) is 5.32 Å². The van der Waals surface area contributed by atoms with Crippen molar-refractivity contribution >= 4 is 17.9 Å². The van der Waals surface area contributed by atoms with Crippen LogP contribution in [0, 0.1) is 5.92 Å². The van der Waals surface area contributed by atoms with Gasteiger partial charge in [0.25, 0.3) is 0 Å².